The van der Waals surface area contributed by atoms with Gasteiger partial charge in [0, 0.05) is 54.8 Å². The Bertz CT molecular complexity index is 1330. The molecule has 1 aliphatic rings. The van der Waals surface area contributed by atoms with Crippen molar-refractivity contribution >= 4 is 34.4 Å². The van der Waals surface area contributed by atoms with Crippen molar-refractivity contribution in [1.82, 2.24) is 4.57 Å². The maximum absolute atomic E-state index is 4.39. The molecule has 4 aromatic rings. The summed E-state index contributed by atoms with van der Waals surface area (Å²) in [6, 6.07) is 20.5. The first-order valence-electron chi connectivity index (χ1n) is 12.0. The molecular formula is C27H31N9+2. The van der Waals surface area contributed by atoms with Crippen molar-refractivity contribution in [2.45, 2.75) is 0 Å². The number of piperazine rings is 1. The van der Waals surface area contributed by atoms with E-state index in [0.29, 0.717) is 0 Å². The standard InChI is InChI=1S/C27H31N9/c1-32-14-12-24(13-15-32)29-28-22-4-8-25(9-5-22)35-18-20-36(21-19-35)26-10-6-23(7-11-26)30-31-27-33(2)16-17-34(27)3/h4-17H,18-21H2,1-3H3/q+2. The third-order valence-corrected chi connectivity index (χ3v) is 6.35. The lowest BCUT2D eigenvalue weighted by molar-refractivity contribution is -0.671. The molecule has 0 amide bonds. The fourth-order valence-electron chi connectivity index (χ4n) is 4.18. The molecule has 0 bridgehead atoms. The summed E-state index contributed by atoms with van der Waals surface area (Å²) in [5.41, 5.74) is 4.96. The number of azo groups is 2. The van der Waals surface area contributed by atoms with Gasteiger partial charge in [0.2, 0.25) is 0 Å². The maximum atomic E-state index is 4.39. The molecule has 9 nitrogen and oxygen atoms in total. The zero-order valence-corrected chi connectivity index (χ0v) is 20.9. The lowest BCUT2D eigenvalue weighted by Crippen LogP contribution is -2.46. The van der Waals surface area contributed by atoms with Gasteiger partial charge in [-0.15, -0.1) is 0 Å². The Morgan fingerprint density at radius 2 is 1.03 bits per heavy atom. The number of anilines is 2. The van der Waals surface area contributed by atoms with Crippen molar-refractivity contribution in [1.29, 1.82) is 0 Å². The number of rotatable bonds is 6. The fourth-order valence-corrected chi connectivity index (χ4v) is 4.18. The molecule has 5 rings (SSSR count). The predicted octanol–water partition coefficient (Wildman–Crippen LogP) is 4.83. The molecule has 0 atom stereocenters. The van der Waals surface area contributed by atoms with Crippen LogP contribution in [0.2, 0.25) is 0 Å². The molecule has 0 saturated carbocycles. The molecule has 2 aromatic heterocycles. The van der Waals surface area contributed by atoms with E-state index < -0.39 is 0 Å². The van der Waals surface area contributed by atoms with Gasteiger partial charge in [0.05, 0.1) is 37.9 Å². The van der Waals surface area contributed by atoms with Crippen LogP contribution in [0.4, 0.5) is 34.4 Å². The minimum Gasteiger partial charge on any atom is -0.368 e. The summed E-state index contributed by atoms with van der Waals surface area (Å²) in [6.07, 6.45) is 7.84. The van der Waals surface area contributed by atoms with Gasteiger partial charge < -0.3 is 9.80 Å². The van der Waals surface area contributed by atoms with E-state index in [2.05, 4.69) is 54.5 Å². The van der Waals surface area contributed by atoms with Gasteiger partial charge in [0.25, 0.3) is 0 Å². The molecule has 3 heterocycles. The van der Waals surface area contributed by atoms with Crippen LogP contribution in [0.5, 0.6) is 0 Å². The predicted molar refractivity (Wildman–Crippen MR) is 140 cm³/mol. The Balaban J connectivity index is 1.15. The highest BCUT2D eigenvalue weighted by molar-refractivity contribution is 5.56. The highest BCUT2D eigenvalue weighted by Gasteiger charge is 2.18. The van der Waals surface area contributed by atoms with Crippen molar-refractivity contribution in [2.75, 3.05) is 36.0 Å². The van der Waals surface area contributed by atoms with E-state index in [1.54, 1.807) is 0 Å². The van der Waals surface area contributed by atoms with E-state index in [1.807, 2.05) is 96.0 Å². The molecule has 0 spiro atoms. The third kappa shape index (κ3) is 5.46. The number of aromatic nitrogens is 3. The zero-order valence-electron chi connectivity index (χ0n) is 20.9. The van der Waals surface area contributed by atoms with Crippen molar-refractivity contribution in [2.24, 2.45) is 41.6 Å². The minimum absolute atomic E-state index is 0.803. The summed E-state index contributed by atoms with van der Waals surface area (Å²) < 4.78 is 5.86. The number of pyridine rings is 1. The number of imidazole rings is 1. The van der Waals surface area contributed by atoms with Gasteiger partial charge >= 0.3 is 5.95 Å². The summed E-state index contributed by atoms with van der Waals surface area (Å²) in [6.45, 7) is 3.86. The van der Waals surface area contributed by atoms with E-state index >= 15 is 0 Å². The van der Waals surface area contributed by atoms with Crippen molar-refractivity contribution in [3.8, 4) is 0 Å². The van der Waals surface area contributed by atoms with Gasteiger partial charge in [-0.25, -0.2) is 13.7 Å². The number of aryl methyl sites for hydroxylation is 3. The Labute approximate surface area is 211 Å². The Kier molecular flexibility index (Phi) is 6.79. The van der Waals surface area contributed by atoms with Crippen LogP contribution in [0, 0.1) is 0 Å². The van der Waals surface area contributed by atoms with Gasteiger partial charge in [-0.2, -0.15) is 10.2 Å². The van der Waals surface area contributed by atoms with Gasteiger partial charge in [0.1, 0.15) is 12.7 Å². The Morgan fingerprint density at radius 1 is 0.583 bits per heavy atom. The molecule has 9 heteroatoms. The number of hydrogen-bond donors (Lipinski definition) is 0. The first-order chi connectivity index (χ1) is 17.5. The van der Waals surface area contributed by atoms with E-state index in [0.717, 1.165) is 49.2 Å². The van der Waals surface area contributed by atoms with Crippen molar-refractivity contribution in [3.63, 3.8) is 0 Å². The van der Waals surface area contributed by atoms with Gasteiger partial charge in [0.15, 0.2) is 12.4 Å². The van der Waals surface area contributed by atoms with Gasteiger partial charge in [-0.1, -0.05) is 5.11 Å². The molecule has 0 N–H and O–H groups in total. The minimum atomic E-state index is 0.803. The molecule has 1 fully saturated rings. The highest BCUT2D eigenvalue weighted by Crippen LogP contribution is 2.26. The van der Waals surface area contributed by atoms with E-state index in [4.69, 9.17) is 0 Å². The van der Waals surface area contributed by atoms with Crippen LogP contribution in [0.15, 0.2) is 106 Å². The first kappa shape index (κ1) is 23.3. The lowest BCUT2D eigenvalue weighted by atomic mass is 10.2. The second kappa shape index (κ2) is 10.5. The summed E-state index contributed by atoms with van der Waals surface area (Å²) in [5, 5.41) is 17.4. The number of benzene rings is 2. The largest absolute Gasteiger partial charge is 0.421 e. The molecule has 0 unspecified atom stereocenters. The van der Waals surface area contributed by atoms with Crippen LogP contribution < -0.4 is 18.9 Å². The molecule has 36 heavy (non-hydrogen) atoms. The third-order valence-electron chi connectivity index (χ3n) is 6.35. The average molecular weight is 482 g/mol. The molecule has 0 radical (unpaired) electrons. The van der Waals surface area contributed by atoms with E-state index in [9.17, 15) is 0 Å². The summed E-state index contributed by atoms with van der Waals surface area (Å²) in [5.74, 6) is 0.803. The van der Waals surface area contributed by atoms with Gasteiger partial charge in [-0.3, -0.25) is 0 Å². The lowest BCUT2D eigenvalue weighted by Gasteiger charge is -2.37. The summed E-state index contributed by atoms with van der Waals surface area (Å²) in [7, 11) is 5.90. The average Bonchev–Trinajstić information content (AvgIpc) is 3.24. The molecule has 0 aliphatic carbocycles. The zero-order chi connectivity index (χ0) is 24.9. The summed E-state index contributed by atoms with van der Waals surface area (Å²) in [4.78, 5) is 4.83. The Hall–Kier alpha value is -4.40. The normalized spacial score (nSPS) is 14.3. The first-order valence-corrected chi connectivity index (χ1v) is 12.0. The fraction of sp³-hybridized carbons (Fsp3) is 0.259. The van der Waals surface area contributed by atoms with Crippen molar-refractivity contribution < 1.29 is 9.13 Å². The molecule has 1 aliphatic heterocycles. The smallest absolute Gasteiger partial charge is 0.368 e. The molecule has 182 valence electrons. The second-order valence-electron chi connectivity index (χ2n) is 8.95. The SMILES string of the molecule is Cn1cc[n+](C)c1N=Nc1ccc(N2CCN(c3ccc(N=Nc4cc[n+](C)cc4)cc3)CC2)cc1. The second-order valence-corrected chi connectivity index (χ2v) is 8.95. The van der Waals surface area contributed by atoms with Crippen LogP contribution in [0.3, 0.4) is 0 Å². The van der Waals surface area contributed by atoms with Crippen LogP contribution >= 0.6 is 0 Å². The van der Waals surface area contributed by atoms with Crippen molar-refractivity contribution in [3.05, 3.63) is 85.5 Å². The molecule has 2 aromatic carbocycles. The summed E-state index contributed by atoms with van der Waals surface area (Å²) >= 11 is 0. The molecule has 1 saturated heterocycles. The topological polar surface area (TPSA) is 68.6 Å². The Morgan fingerprint density at radius 3 is 1.47 bits per heavy atom. The van der Waals surface area contributed by atoms with Crippen LogP contribution in [-0.4, -0.2) is 30.7 Å². The van der Waals surface area contributed by atoms with Crippen LogP contribution in [0.1, 0.15) is 0 Å². The number of nitrogens with zero attached hydrogens (tertiary/aromatic N) is 9. The number of hydrogen-bond acceptors (Lipinski definition) is 6. The van der Waals surface area contributed by atoms with E-state index in [1.165, 1.54) is 11.4 Å². The monoisotopic (exact) mass is 481 g/mol. The van der Waals surface area contributed by atoms with Crippen LogP contribution in [0.25, 0.3) is 0 Å². The van der Waals surface area contributed by atoms with E-state index in [-0.39, 0.29) is 0 Å². The van der Waals surface area contributed by atoms with Crippen LogP contribution in [-0.2, 0) is 21.1 Å². The maximum Gasteiger partial charge on any atom is 0.421 e. The molecular weight excluding hydrogens is 450 g/mol. The highest BCUT2D eigenvalue weighted by atomic mass is 15.3. The van der Waals surface area contributed by atoms with Gasteiger partial charge in [-0.05, 0) is 48.5 Å². The quantitative estimate of drug-likeness (QED) is 0.292.